The number of hydrogen-bond donors (Lipinski definition) is 2. The Morgan fingerprint density at radius 1 is 1.00 bits per heavy atom. The summed E-state index contributed by atoms with van der Waals surface area (Å²) in [5, 5.41) is 17.8. The zero-order valence-electron chi connectivity index (χ0n) is 8.45. The van der Waals surface area contributed by atoms with Gasteiger partial charge in [-0.2, -0.15) is 0 Å². The van der Waals surface area contributed by atoms with Gasteiger partial charge >= 0.3 is 7.12 Å². The molecule has 2 aromatic rings. The van der Waals surface area contributed by atoms with Crippen LogP contribution in [0.25, 0.3) is 0 Å². The SMILES string of the molecule is OB(O)c1ccc(Oc2ccccc2)nc1. The Labute approximate surface area is 93.3 Å². The van der Waals surface area contributed by atoms with Crippen molar-refractivity contribution in [3.8, 4) is 11.6 Å². The topological polar surface area (TPSA) is 62.6 Å². The maximum absolute atomic E-state index is 8.88. The Hall–Kier alpha value is -1.85. The van der Waals surface area contributed by atoms with E-state index in [0.717, 1.165) is 0 Å². The van der Waals surface area contributed by atoms with Crippen LogP contribution in [0.2, 0.25) is 0 Å². The summed E-state index contributed by atoms with van der Waals surface area (Å²) in [5.41, 5.74) is 0.334. The van der Waals surface area contributed by atoms with E-state index in [1.807, 2.05) is 30.3 Å². The van der Waals surface area contributed by atoms with Crippen molar-refractivity contribution in [2.75, 3.05) is 0 Å². The fraction of sp³-hybridized carbons (Fsp3) is 0. The van der Waals surface area contributed by atoms with Crippen molar-refractivity contribution in [3.63, 3.8) is 0 Å². The second-order valence-electron chi connectivity index (χ2n) is 3.22. The van der Waals surface area contributed by atoms with E-state index < -0.39 is 7.12 Å². The summed E-state index contributed by atoms with van der Waals surface area (Å²) >= 11 is 0. The van der Waals surface area contributed by atoms with Gasteiger partial charge in [0.15, 0.2) is 0 Å². The molecule has 5 heteroatoms. The highest BCUT2D eigenvalue weighted by Crippen LogP contribution is 2.16. The quantitative estimate of drug-likeness (QED) is 0.734. The Morgan fingerprint density at radius 3 is 2.31 bits per heavy atom. The Balaban J connectivity index is 2.11. The molecule has 2 rings (SSSR count). The van der Waals surface area contributed by atoms with Gasteiger partial charge in [-0.25, -0.2) is 4.98 Å². The van der Waals surface area contributed by atoms with Gasteiger partial charge in [0.25, 0.3) is 0 Å². The van der Waals surface area contributed by atoms with Gasteiger partial charge in [-0.1, -0.05) is 24.3 Å². The molecule has 0 amide bonds. The number of hydrogen-bond acceptors (Lipinski definition) is 4. The molecule has 80 valence electrons. The number of nitrogens with zero attached hydrogens (tertiary/aromatic N) is 1. The summed E-state index contributed by atoms with van der Waals surface area (Å²) in [6.45, 7) is 0. The molecule has 0 fully saturated rings. The fourth-order valence-corrected chi connectivity index (χ4v) is 1.21. The molecule has 0 aliphatic rings. The van der Waals surface area contributed by atoms with Crippen LogP contribution in [0.15, 0.2) is 48.7 Å². The molecule has 0 aliphatic heterocycles. The number of benzene rings is 1. The van der Waals surface area contributed by atoms with E-state index in [-0.39, 0.29) is 0 Å². The van der Waals surface area contributed by atoms with Crippen LogP contribution in [0, 0.1) is 0 Å². The van der Waals surface area contributed by atoms with Crippen LogP contribution in [0.3, 0.4) is 0 Å². The minimum atomic E-state index is -1.50. The number of ether oxygens (including phenoxy) is 1. The molecular weight excluding hydrogens is 205 g/mol. The first kappa shape index (κ1) is 10.7. The lowest BCUT2D eigenvalue weighted by Crippen LogP contribution is -2.29. The normalized spacial score (nSPS) is 9.88. The molecule has 2 N–H and O–H groups in total. The molecule has 1 heterocycles. The predicted molar refractivity (Wildman–Crippen MR) is 60.6 cm³/mol. The average Bonchev–Trinajstić information content (AvgIpc) is 2.31. The van der Waals surface area contributed by atoms with E-state index in [1.165, 1.54) is 6.20 Å². The summed E-state index contributed by atoms with van der Waals surface area (Å²) in [5.74, 6) is 1.10. The molecule has 0 atom stereocenters. The third-order valence-corrected chi connectivity index (χ3v) is 2.02. The molecule has 0 saturated carbocycles. The molecule has 0 unspecified atom stereocenters. The molecule has 0 spiro atoms. The monoisotopic (exact) mass is 215 g/mol. The van der Waals surface area contributed by atoms with Crippen LogP contribution in [-0.4, -0.2) is 22.2 Å². The minimum Gasteiger partial charge on any atom is -0.439 e. The van der Waals surface area contributed by atoms with Crippen LogP contribution in [0.1, 0.15) is 0 Å². The third kappa shape index (κ3) is 2.59. The maximum Gasteiger partial charge on any atom is 0.490 e. The molecule has 0 saturated heterocycles. The van der Waals surface area contributed by atoms with Gasteiger partial charge in [-0.05, 0) is 12.1 Å². The van der Waals surface area contributed by atoms with Crippen molar-refractivity contribution in [2.45, 2.75) is 0 Å². The van der Waals surface area contributed by atoms with Gasteiger partial charge in [0.2, 0.25) is 5.88 Å². The molecule has 0 bridgehead atoms. The first-order valence-electron chi connectivity index (χ1n) is 4.81. The molecule has 1 aromatic carbocycles. The number of aromatic nitrogens is 1. The van der Waals surface area contributed by atoms with Crippen molar-refractivity contribution in [1.82, 2.24) is 4.98 Å². The van der Waals surface area contributed by atoms with Gasteiger partial charge in [-0.15, -0.1) is 0 Å². The largest absolute Gasteiger partial charge is 0.490 e. The van der Waals surface area contributed by atoms with Crippen molar-refractivity contribution < 1.29 is 14.8 Å². The highest BCUT2D eigenvalue weighted by molar-refractivity contribution is 6.58. The Bertz CT molecular complexity index is 445. The van der Waals surface area contributed by atoms with E-state index >= 15 is 0 Å². The van der Waals surface area contributed by atoms with Crippen LogP contribution >= 0.6 is 0 Å². The second-order valence-corrected chi connectivity index (χ2v) is 3.22. The first-order chi connectivity index (χ1) is 7.75. The summed E-state index contributed by atoms with van der Waals surface area (Å²) in [7, 11) is -1.50. The lowest BCUT2D eigenvalue weighted by atomic mass is 9.82. The number of para-hydroxylation sites is 1. The Kier molecular flexibility index (Phi) is 3.19. The second kappa shape index (κ2) is 4.78. The zero-order valence-corrected chi connectivity index (χ0v) is 8.45. The van der Waals surface area contributed by atoms with E-state index in [9.17, 15) is 0 Å². The molecule has 1 aromatic heterocycles. The van der Waals surface area contributed by atoms with E-state index in [2.05, 4.69) is 4.98 Å². The van der Waals surface area contributed by atoms with Gasteiger partial charge in [0.05, 0.1) is 0 Å². The van der Waals surface area contributed by atoms with Gasteiger partial charge < -0.3 is 14.8 Å². The van der Waals surface area contributed by atoms with Crippen molar-refractivity contribution in [3.05, 3.63) is 48.7 Å². The third-order valence-electron chi connectivity index (χ3n) is 2.02. The van der Waals surface area contributed by atoms with Crippen LogP contribution in [-0.2, 0) is 0 Å². The van der Waals surface area contributed by atoms with E-state index in [0.29, 0.717) is 17.1 Å². The number of pyridine rings is 1. The van der Waals surface area contributed by atoms with E-state index in [1.54, 1.807) is 12.1 Å². The summed E-state index contributed by atoms with van der Waals surface area (Å²) in [4.78, 5) is 3.95. The summed E-state index contributed by atoms with van der Waals surface area (Å²) in [6, 6.07) is 12.4. The highest BCUT2D eigenvalue weighted by atomic mass is 16.5. The van der Waals surface area contributed by atoms with E-state index in [4.69, 9.17) is 14.8 Å². The van der Waals surface area contributed by atoms with Crippen LogP contribution < -0.4 is 10.2 Å². The molecule has 0 radical (unpaired) electrons. The lowest BCUT2D eigenvalue weighted by molar-refractivity contribution is 0.425. The van der Waals surface area contributed by atoms with Gasteiger partial charge in [0, 0.05) is 17.7 Å². The average molecular weight is 215 g/mol. The van der Waals surface area contributed by atoms with Crippen LogP contribution in [0.5, 0.6) is 11.6 Å². The van der Waals surface area contributed by atoms with Crippen molar-refractivity contribution in [1.29, 1.82) is 0 Å². The standard InChI is InChI=1S/C11H10BNO3/c14-12(15)9-6-7-11(13-8-9)16-10-4-2-1-3-5-10/h1-8,14-15H. The predicted octanol–water partition coefficient (Wildman–Crippen LogP) is 0.554. The summed E-state index contributed by atoms with van der Waals surface area (Å²) < 4.78 is 5.44. The molecule has 0 aliphatic carbocycles. The van der Waals surface area contributed by atoms with Crippen LogP contribution in [0.4, 0.5) is 0 Å². The van der Waals surface area contributed by atoms with Gasteiger partial charge in [0.1, 0.15) is 5.75 Å². The van der Waals surface area contributed by atoms with Gasteiger partial charge in [-0.3, -0.25) is 0 Å². The zero-order chi connectivity index (χ0) is 11.4. The van der Waals surface area contributed by atoms with Crippen molar-refractivity contribution >= 4 is 12.6 Å². The summed E-state index contributed by atoms with van der Waals surface area (Å²) in [6.07, 6.45) is 1.36. The fourth-order valence-electron chi connectivity index (χ4n) is 1.21. The maximum atomic E-state index is 8.88. The Morgan fingerprint density at radius 2 is 1.75 bits per heavy atom. The molecule has 4 nitrogen and oxygen atoms in total. The van der Waals surface area contributed by atoms with Crippen molar-refractivity contribution in [2.24, 2.45) is 0 Å². The molecule has 16 heavy (non-hydrogen) atoms. The highest BCUT2D eigenvalue weighted by Gasteiger charge is 2.10. The molecular formula is C11H10BNO3. The first-order valence-corrected chi connectivity index (χ1v) is 4.81. The smallest absolute Gasteiger partial charge is 0.439 e. The minimum absolute atomic E-state index is 0.334. The lowest BCUT2D eigenvalue weighted by Gasteiger charge is -2.04. The number of rotatable bonds is 3.